The molecule has 2 aliphatic rings. The summed E-state index contributed by atoms with van der Waals surface area (Å²) in [7, 11) is 4.73. The predicted molar refractivity (Wildman–Crippen MR) is 139 cm³/mol. The number of ether oxygens (including phenoxy) is 3. The van der Waals surface area contributed by atoms with E-state index in [0.717, 1.165) is 33.7 Å². The SMILES string of the molecule is COc1cc2c(cc1OC)-c1nc(C#N)c(C#N)nc1C2.COc1ccc2c(c1)-c1nc(C#N)c(C#N)nc1C2. The Labute approximate surface area is 229 Å². The first-order valence-corrected chi connectivity index (χ1v) is 11.8. The van der Waals surface area contributed by atoms with Crippen LogP contribution in [0.2, 0.25) is 0 Å². The Morgan fingerprint density at radius 1 is 0.575 bits per heavy atom. The lowest BCUT2D eigenvalue weighted by Gasteiger charge is -2.09. The van der Waals surface area contributed by atoms with Gasteiger partial charge in [0.25, 0.3) is 0 Å². The van der Waals surface area contributed by atoms with Crippen molar-refractivity contribution in [2.75, 3.05) is 21.3 Å². The normalized spacial score (nSPS) is 11.1. The summed E-state index contributed by atoms with van der Waals surface area (Å²) in [5.41, 5.74) is 6.82. The van der Waals surface area contributed by atoms with E-state index in [0.29, 0.717) is 41.4 Å². The number of nitriles is 4. The number of rotatable bonds is 3. The Balaban J connectivity index is 0.000000162. The lowest BCUT2D eigenvalue weighted by Crippen LogP contribution is -1.99. The van der Waals surface area contributed by atoms with Gasteiger partial charge in [-0.15, -0.1) is 0 Å². The third-order valence-electron chi connectivity index (χ3n) is 6.51. The summed E-state index contributed by atoms with van der Waals surface area (Å²) in [6, 6.07) is 17.0. The summed E-state index contributed by atoms with van der Waals surface area (Å²) in [4.78, 5) is 17.0. The Morgan fingerprint density at radius 2 is 1.05 bits per heavy atom. The van der Waals surface area contributed by atoms with Gasteiger partial charge in [0.15, 0.2) is 34.3 Å². The van der Waals surface area contributed by atoms with Gasteiger partial charge in [-0.05, 0) is 35.4 Å². The van der Waals surface area contributed by atoms with Gasteiger partial charge in [-0.2, -0.15) is 21.0 Å². The minimum atomic E-state index is 0.0406. The molecular weight excluding hydrogens is 508 g/mol. The molecule has 0 aliphatic heterocycles. The molecule has 0 saturated heterocycles. The lowest BCUT2D eigenvalue weighted by molar-refractivity contribution is 0.355. The second-order valence-electron chi connectivity index (χ2n) is 8.62. The lowest BCUT2D eigenvalue weighted by atomic mass is 10.1. The van der Waals surface area contributed by atoms with Crippen molar-refractivity contribution in [3.8, 4) is 64.0 Å². The van der Waals surface area contributed by atoms with Gasteiger partial charge in [0.05, 0.1) is 44.1 Å². The molecule has 2 aromatic heterocycles. The monoisotopic (exact) mass is 526 g/mol. The van der Waals surface area contributed by atoms with E-state index >= 15 is 0 Å². The van der Waals surface area contributed by atoms with Gasteiger partial charge in [0.2, 0.25) is 0 Å². The quantitative estimate of drug-likeness (QED) is 0.329. The minimum Gasteiger partial charge on any atom is -0.497 e. The molecule has 4 aromatic rings. The van der Waals surface area contributed by atoms with Crippen molar-refractivity contribution in [2.45, 2.75) is 12.8 Å². The van der Waals surface area contributed by atoms with E-state index in [9.17, 15) is 0 Å². The molecule has 11 nitrogen and oxygen atoms in total. The van der Waals surface area contributed by atoms with Crippen LogP contribution in [-0.4, -0.2) is 41.3 Å². The number of fused-ring (bicyclic) bond motifs is 6. The Kier molecular flexibility index (Phi) is 6.64. The maximum absolute atomic E-state index is 9.06. The van der Waals surface area contributed by atoms with Crippen molar-refractivity contribution in [3.05, 3.63) is 75.6 Å². The molecule has 40 heavy (non-hydrogen) atoms. The van der Waals surface area contributed by atoms with Crippen molar-refractivity contribution in [2.24, 2.45) is 0 Å². The molecule has 0 atom stereocenters. The van der Waals surface area contributed by atoms with Crippen LogP contribution in [-0.2, 0) is 12.8 Å². The van der Waals surface area contributed by atoms with Gasteiger partial charge in [-0.25, -0.2) is 19.9 Å². The number of methoxy groups -OCH3 is 3. The molecule has 0 fully saturated rings. The van der Waals surface area contributed by atoms with Crippen molar-refractivity contribution in [3.63, 3.8) is 0 Å². The zero-order chi connectivity index (χ0) is 28.4. The number of hydrogen-bond acceptors (Lipinski definition) is 11. The molecule has 0 radical (unpaired) electrons. The summed E-state index contributed by atoms with van der Waals surface area (Å²) >= 11 is 0. The minimum absolute atomic E-state index is 0.0406. The highest BCUT2D eigenvalue weighted by molar-refractivity contribution is 5.76. The first kappa shape index (κ1) is 25.6. The molecular formula is C29H18N8O3. The summed E-state index contributed by atoms with van der Waals surface area (Å²) in [6.07, 6.45) is 1.18. The molecule has 2 aromatic carbocycles. The molecule has 0 amide bonds. The average molecular weight is 527 g/mol. The molecule has 192 valence electrons. The Bertz CT molecular complexity index is 1870. The van der Waals surface area contributed by atoms with Crippen molar-refractivity contribution >= 4 is 0 Å². The van der Waals surface area contributed by atoms with Crippen molar-refractivity contribution < 1.29 is 14.2 Å². The molecule has 6 rings (SSSR count). The van der Waals surface area contributed by atoms with Gasteiger partial charge in [0, 0.05) is 24.0 Å². The summed E-state index contributed by atoms with van der Waals surface area (Å²) in [5, 5.41) is 36.0. The van der Waals surface area contributed by atoms with Crippen LogP contribution in [0.5, 0.6) is 17.2 Å². The van der Waals surface area contributed by atoms with Crippen LogP contribution in [0.1, 0.15) is 45.3 Å². The van der Waals surface area contributed by atoms with Crippen LogP contribution >= 0.6 is 0 Å². The van der Waals surface area contributed by atoms with Crippen molar-refractivity contribution in [1.82, 2.24) is 19.9 Å². The Hall–Kier alpha value is -6.04. The maximum Gasteiger partial charge on any atom is 0.177 e. The zero-order valence-electron chi connectivity index (χ0n) is 21.6. The van der Waals surface area contributed by atoms with Crippen LogP contribution in [0.15, 0.2) is 30.3 Å². The van der Waals surface area contributed by atoms with E-state index in [1.165, 1.54) is 0 Å². The van der Waals surface area contributed by atoms with Crippen LogP contribution in [0.3, 0.4) is 0 Å². The van der Waals surface area contributed by atoms with E-state index in [2.05, 4.69) is 19.9 Å². The van der Waals surface area contributed by atoms with Crippen LogP contribution < -0.4 is 14.2 Å². The highest BCUT2D eigenvalue weighted by Crippen LogP contribution is 2.41. The average Bonchev–Trinajstić information content (AvgIpc) is 3.54. The van der Waals surface area contributed by atoms with Crippen LogP contribution in [0, 0.1) is 45.3 Å². The van der Waals surface area contributed by atoms with E-state index in [1.807, 2.05) is 54.6 Å². The van der Waals surface area contributed by atoms with Gasteiger partial charge in [-0.3, -0.25) is 0 Å². The van der Waals surface area contributed by atoms with E-state index in [1.54, 1.807) is 21.3 Å². The van der Waals surface area contributed by atoms with Crippen LogP contribution in [0.4, 0.5) is 0 Å². The fourth-order valence-electron chi connectivity index (χ4n) is 4.64. The van der Waals surface area contributed by atoms with Gasteiger partial charge < -0.3 is 14.2 Å². The largest absolute Gasteiger partial charge is 0.497 e. The Morgan fingerprint density at radius 3 is 1.55 bits per heavy atom. The second-order valence-corrected chi connectivity index (χ2v) is 8.62. The first-order valence-electron chi connectivity index (χ1n) is 11.8. The number of nitrogens with zero attached hydrogens (tertiary/aromatic N) is 8. The molecule has 0 bridgehead atoms. The summed E-state index contributed by atoms with van der Waals surface area (Å²) in [6.45, 7) is 0. The van der Waals surface area contributed by atoms with Gasteiger partial charge >= 0.3 is 0 Å². The smallest absolute Gasteiger partial charge is 0.177 e. The van der Waals surface area contributed by atoms with E-state index in [-0.39, 0.29) is 22.8 Å². The molecule has 2 heterocycles. The highest BCUT2D eigenvalue weighted by atomic mass is 16.5. The summed E-state index contributed by atoms with van der Waals surface area (Å²) < 4.78 is 15.8. The molecule has 0 unspecified atom stereocenters. The molecule has 0 spiro atoms. The number of hydrogen-bond donors (Lipinski definition) is 0. The number of aromatic nitrogens is 4. The topological polar surface area (TPSA) is 174 Å². The third-order valence-corrected chi connectivity index (χ3v) is 6.51. The van der Waals surface area contributed by atoms with Crippen molar-refractivity contribution in [1.29, 1.82) is 21.0 Å². The molecule has 0 saturated carbocycles. The van der Waals surface area contributed by atoms with Gasteiger partial charge in [-0.1, -0.05) is 6.07 Å². The van der Waals surface area contributed by atoms with Crippen LogP contribution in [0.25, 0.3) is 22.5 Å². The first-order chi connectivity index (χ1) is 19.5. The van der Waals surface area contributed by atoms with E-state index < -0.39 is 0 Å². The molecule has 2 aliphatic carbocycles. The fraction of sp³-hybridized carbons (Fsp3) is 0.172. The molecule has 11 heteroatoms. The predicted octanol–water partition coefficient (Wildman–Crippen LogP) is 3.61. The second kappa shape index (κ2) is 10.4. The van der Waals surface area contributed by atoms with E-state index in [4.69, 9.17) is 35.3 Å². The third kappa shape index (κ3) is 4.24. The summed E-state index contributed by atoms with van der Waals surface area (Å²) in [5.74, 6) is 1.95. The molecule has 0 N–H and O–H groups in total. The highest BCUT2D eigenvalue weighted by Gasteiger charge is 2.27. The van der Waals surface area contributed by atoms with Gasteiger partial charge in [0.1, 0.15) is 30.0 Å². The zero-order valence-corrected chi connectivity index (χ0v) is 21.6. The maximum atomic E-state index is 9.06. The standard InChI is InChI=1S/C15H10N4O2.C14H8N4O/c1-20-13-4-8-3-10-15(9(8)5-14(13)21-2)19-12(7-17)11(6-16)18-10;1-19-9-3-2-8-4-11-14(10(8)5-9)18-13(7-16)12(6-15)17-11/h4-5H,3H2,1-2H3;2-3,5H,4H2,1H3. The fourth-order valence-corrected chi connectivity index (χ4v) is 4.64. The number of benzene rings is 2.